The van der Waals surface area contributed by atoms with Crippen molar-refractivity contribution < 1.29 is 14.7 Å². The summed E-state index contributed by atoms with van der Waals surface area (Å²) in [6.45, 7) is 3.71. The van der Waals surface area contributed by atoms with Gasteiger partial charge in [0, 0.05) is 18.6 Å². The second kappa shape index (κ2) is 7.88. The van der Waals surface area contributed by atoms with Crippen molar-refractivity contribution >= 4 is 23.6 Å². The number of hydrogen-bond donors (Lipinski definition) is 2. The summed E-state index contributed by atoms with van der Waals surface area (Å²) in [5, 5.41) is 12.4. The molecule has 0 fully saturated rings. The number of aliphatic carboxylic acids is 1. The molecule has 0 saturated carbocycles. The molecule has 0 saturated heterocycles. The predicted octanol–water partition coefficient (Wildman–Crippen LogP) is 3.15. The number of nitrogens with zero attached hydrogens (tertiary/aromatic N) is 1. The van der Waals surface area contributed by atoms with Gasteiger partial charge >= 0.3 is 12.0 Å². The molecule has 2 unspecified atom stereocenters. The number of nitrogens with one attached hydrogen (secondary N) is 1. The summed E-state index contributed by atoms with van der Waals surface area (Å²) in [4.78, 5) is 24.3. The predicted molar refractivity (Wildman–Crippen MR) is 82.4 cm³/mol. The van der Waals surface area contributed by atoms with Gasteiger partial charge in [0.25, 0.3) is 0 Å². The highest BCUT2D eigenvalue weighted by molar-refractivity contribution is 6.30. The summed E-state index contributed by atoms with van der Waals surface area (Å²) in [7, 11) is 1.59. The Labute approximate surface area is 129 Å². The fourth-order valence-corrected chi connectivity index (χ4v) is 2.07. The standard InChI is InChI=1S/C15H21ClN2O3/c1-4-13(11-5-7-12(16)8-6-11)17-15(21)18(3)9-10(2)14(19)20/h5-8,10,13H,4,9H2,1-3H3,(H,17,21)(H,19,20). The number of halogens is 1. The van der Waals surface area contributed by atoms with Gasteiger partial charge in [0.1, 0.15) is 0 Å². The molecule has 0 aliphatic rings. The van der Waals surface area contributed by atoms with E-state index in [4.69, 9.17) is 16.7 Å². The number of carbonyl (C=O) groups excluding carboxylic acids is 1. The Bertz CT molecular complexity index is 490. The van der Waals surface area contributed by atoms with Crippen molar-refractivity contribution in [3.05, 3.63) is 34.9 Å². The first-order valence-corrected chi connectivity index (χ1v) is 7.22. The number of carbonyl (C=O) groups is 2. The second-order valence-corrected chi connectivity index (χ2v) is 5.52. The molecular formula is C15H21ClN2O3. The summed E-state index contributed by atoms with van der Waals surface area (Å²) in [5.74, 6) is -1.52. The molecule has 21 heavy (non-hydrogen) atoms. The zero-order chi connectivity index (χ0) is 16.0. The Kier molecular flexibility index (Phi) is 6.49. The third kappa shape index (κ3) is 5.27. The Hall–Kier alpha value is -1.75. The minimum Gasteiger partial charge on any atom is -0.481 e. The lowest BCUT2D eigenvalue weighted by Crippen LogP contribution is -2.42. The molecule has 0 radical (unpaired) electrons. The average Bonchev–Trinajstić information content (AvgIpc) is 2.45. The SMILES string of the molecule is CCC(NC(=O)N(C)CC(C)C(=O)O)c1ccc(Cl)cc1. The van der Waals surface area contributed by atoms with E-state index in [1.165, 1.54) is 4.90 Å². The molecule has 5 nitrogen and oxygen atoms in total. The van der Waals surface area contributed by atoms with Gasteiger partial charge in [-0.3, -0.25) is 4.79 Å². The van der Waals surface area contributed by atoms with Crippen LogP contribution in [0.5, 0.6) is 0 Å². The molecule has 2 N–H and O–H groups in total. The number of rotatable bonds is 6. The van der Waals surface area contributed by atoms with Gasteiger partial charge in [-0.05, 0) is 24.1 Å². The first-order chi connectivity index (χ1) is 9.85. The van der Waals surface area contributed by atoms with Crippen LogP contribution < -0.4 is 5.32 Å². The van der Waals surface area contributed by atoms with Crippen molar-refractivity contribution in [1.29, 1.82) is 0 Å². The summed E-state index contributed by atoms with van der Waals surface area (Å²) < 4.78 is 0. The van der Waals surface area contributed by atoms with Gasteiger partial charge in [0.15, 0.2) is 0 Å². The Morgan fingerprint density at radius 2 is 1.90 bits per heavy atom. The van der Waals surface area contributed by atoms with Gasteiger partial charge in [-0.25, -0.2) is 4.79 Å². The van der Waals surface area contributed by atoms with E-state index in [0.717, 1.165) is 12.0 Å². The van der Waals surface area contributed by atoms with Crippen LogP contribution in [0.25, 0.3) is 0 Å². The monoisotopic (exact) mass is 312 g/mol. The number of carboxylic acids is 1. The largest absolute Gasteiger partial charge is 0.481 e. The number of urea groups is 1. The van der Waals surface area contributed by atoms with Crippen molar-refractivity contribution in [2.45, 2.75) is 26.3 Å². The lowest BCUT2D eigenvalue weighted by Gasteiger charge is -2.24. The van der Waals surface area contributed by atoms with E-state index in [1.54, 1.807) is 26.1 Å². The second-order valence-electron chi connectivity index (χ2n) is 5.08. The van der Waals surface area contributed by atoms with Crippen molar-refractivity contribution in [3.8, 4) is 0 Å². The molecule has 0 aromatic heterocycles. The molecule has 0 heterocycles. The average molecular weight is 313 g/mol. The summed E-state index contributed by atoms with van der Waals surface area (Å²) in [6, 6.07) is 6.89. The molecule has 2 amide bonds. The van der Waals surface area contributed by atoms with Crippen LogP contribution in [0, 0.1) is 5.92 Å². The van der Waals surface area contributed by atoms with Crippen molar-refractivity contribution in [2.75, 3.05) is 13.6 Å². The van der Waals surface area contributed by atoms with E-state index in [9.17, 15) is 9.59 Å². The smallest absolute Gasteiger partial charge is 0.317 e. The Morgan fingerprint density at radius 3 is 2.38 bits per heavy atom. The van der Waals surface area contributed by atoms with Gasteiger partial charge in [-0.2, -0.15) is 0 Å². The van der Waals surface area contributed by atoms with Crippen LogP contribution >= 0.6 is 11.6 Å². The lowest BCUT2D eigenvalue weighted by molar-refractivity contribution is -0.141. The quantitative estimate of drug-likeness (QED) is 0.847. The van der Waals surface area contributed by atoms with E-state index < -0.39 is 11.9 Å². The maximum atomic E-state index is 12.1. The molecule has 0 bridgehead atoms. The molecule has 0 aliphatic heterocycles. The summed E-state index contributed by atoms with van der Waals surface area (Å²) in [6.07, 6.45) is 0.732. The van der Waals surface area contributed by atoms with Gasteiger partial charge in [0.05, 0.1) is 12.0 Å². The molecule has 1 rings (SSSR count). The minimum absolute atomic E-state index is 0.127. The maximum Gasteiger partial charge on any atom is 0.317 e. The third-order valence-corrected chi connectivity index (χ3v) is 3.55. The van der Waals surface area contributed by atoms with E-state index in [0.29, 0.717) is 5.02 Å². The van der Waals surface area contributed by atoms with Crippen LogP contribution in [0.3, 0.4) is 0 Å². The fraction of sp³-hybridized carbons (Fsp3) is 0.467. The molecular weight excluding hydrogens is 292 g/mol. The molecule has 0 spiro atoms. The van der Waals surface area contributed by atoms with E-state index in [2.05, 4.69) is 5.32 Å². The highest BCUT2D eigenvalue weighted by Gasteiger charge is 2.19. The molecule has 116 valence electrons. The number of benzene rings is 1. The number of carboxylic acid groups (broad SMARTS) is 1. The van der Waals surface area contributed by atoms with E-state index in [1.807, 2.05) is 19.1 Å². The van der Waals surface area contributed by atoms with Crippen LogP contribution in [0.2, 0.25) is 5.02 Å². The first-order valence-electron chi connectivity index (χ1n) is 6.85. The van der Waals surface area contributed by atoms with Crippen LogP contribution in [0.4, 0.5) is 4.79 Å². The van der Waals surface area contributed by atoms with Crippen molar-refractivity contribution in [1.82, 2.24) is 10.2 Å². The van der Waals surface area contributed by atoms with Crippen LogP contribution in [-0.2, 0) is 4.79 Å². The third-order valence-electron chi connectivity index (χ3n) is 3.29. The van der Waals surface area contributed by atoms with Crippen LogP contribution in [0.15, 0.2) is 24.3 Å². The Balaban J connectivity index is 2.66. The molecule has 6 heteroatoms. The van der Waals surface area contributed by atoms with Gasteiger partial charge in [-0.1, -0.05) is 37.6 Å². The lowest BCUT2D eigenvalue weighted by atomic mass is 10.0. The normalized spacial score (nSPS) is 13.3. The highest BCUT2D eigenvalue weighted by atomic mass is 35.5. The number of amides is 2. The first kappa shape index (κ1) is 17.3. The molecule has 0 aliphatic carbocycles. The molecule has 1 aromatic rings. The van der Waals surface area contributed by atoms with Crippen LogP contribution in [0.1, 0.15) is 31.9 Å². The Morgan fingerprint density at radius 1 is 1.33 bits per heavy atom. The molecule has 2 atom stereocenters. The topological polar surface area (TPSA) is 69.6 Å². The zero-order valence-electron chi connectivity index (χ0n) is 12.5. The van der Waals surface area contributed by atoms with E-state index >= 15 is 0 Å². The van der Waals surface area contributed by atoms with E-state index in [-0.39, 0.29) is 18.6 Å². The fourth-order valence-electron chi connectivity index (χ4n) is 1.95. The molecule has 1 aromatic carbocycles. The minimum atomic E-state index is -0.917. The summed E-state index contributed by atoms with van der Waals surface area (Å²) >= 11 is 5.85. The van der Waals surface area contributed by atoms with Gasteiger partial charge in [-0.15, -0.1) is 0 Å². The van der Waals surface area contributed by atoms with Gasteiger partial charge in [0.2, 0.25) is 0 Å². The van der Waals surface area contributed by atoms with Crippen molar-refractivity contribution in [3.63, 3.8) is 0 Å². The van der Waals surface area contributed by atoms with Crippen molar-refractivity contribution in [2.24, 2.45) is 5.92 Å². The zero-order valence-corrected chi connectivity index (χ0v) is 13.2. The van der Waals surface area contributed by atoms with Crippen LogP contribution in [-0.4, -0.2) is 35.6 Å². The van der Waals surface area contributed by atoms with Gasteiger partial charge < -0.3 is 15.3 Å². The summed E-state index contributed by atoms with van der Waals surface area (Å²) in [5.41, 5.74) is 0.968. The number of hydrogen-bond acceptors (Lipinski definition) is 2. The highest BCUT2D eigenvalue weighted by Crippen LogP contribution is 2.19. The maximum absolute atomic E-state index is 12.1.